The topological polar surface area (TPSA) is 269 Å². The molecule has 0 bridgehead atoms. The van der Waals surface area contributed by atoms with Gasteiger partial charge in [0.25, 0.3) is 0 Å². The normalized spacial score (nSPS) is 52.5. The molecule has 0 radical (unpaired) electrons. The van der Waals surface area contributed by atoms with Crippen molar-refractivity contribution in [2.24, 2.45) is 0 Å². The van der Waals surface area contributed by atoms with E-state index in [1.54, 1.807) is 0 Å². The van der Waals surface area contributed by atoms with E-state index in [2.05, 4.69) is 0 Å². The van der Waals surface area contributed by atoms with Crippen molar-refractivity contribution in [2.75, 3.05) is 19.8 Å². The molecule has 0 spiro atoms. The first-order valence-electron chi connectivity index (χ1n) is 10.6. The Kier molecular flexibility index (Phi) is 9.54. The standard InChI is InChI=1S/C18H32O16/c19-1-4-7(20)11(24)14(27)17(33-4)31-3-6-9(22)12(25)15(28)18(34-6)30-2-5-8(21)10(23)13(26)16(29)32-5/h4-29H,1-3H2/t4-,5-,6-,7-,8+,9-,10+,11+,12+,13-,14-,15-,16-,17-,18-/m1/s1. The Morgan fingerprint density at radius 1 is 0.441 bits per heavy atom. The zero-order valence-electron chi connectivity index (χ0n) is 17.7. The third kappa shape index (κ3) is 5.68. The van der Waals surface area contributed by atoms with Gasteiger partial charge in [-0.05, 0) is 0 Å². The number of ether oxygens (including phenoxy) is 5. The van der Waals surface area contributed by atoms with Gasteiger partial charge in [-0.3, -0.25) is 0 Å². The minimum atomic E-state index is -1.82. The van der Waals surface area contributed by atoms with Crippen molar-refractivity contribution in [3.63, 3.8) is 0 Å². The first kappa shape index (κ1) is 27.9. The molecule has 0 aromatic carbocycles. The van der Waals surface area contributed by atoms with Crippen molar-refractivity contribution in [3.8, 4) is 0 Å². The highest BCUT2D eigenvalue weighted by Crippen LogP contribution is 2.27. The number of rotatable bonds is 7. The van der Waals surface area contributed by atoms with Gasteiger partial charge < -0.3 is 79.9 Å². The SMILES string of the molecule is OC[C@H]1O[C@@H](OC[C@H]2O[C@@H](OC[C@H]3O[C@@H](O)[C@H](O)[C@@H](O)[C@H]3O)[C@H](O)[C@@H](O)[C@@H]2O)[C@H](O)[C@@H](O)[C@@H]1O. The quantitative estimate of drug-likeness (QED) is 0.154. The minimum absolute atomic E-state index is 0.570. The molecule has 3 heterocycles. The van der Waals surface area contributed by atoms with E-state index in [1.807, 2.05) is 0 Å². The summed E-state index contributed by atoms with van der Waals surface area (Å²) in [5, 5.41) is 108. The number of hydrogen-bond acceptors (Lipinski definition) is 16. The van der Waals surface area contributed by atoms with Gasteiger partial charge in [-0.15, -0.1) is 0 Å². The first-order chi connectivity index (χ1) is 16.0. The lowest BCUT2D eigenvalue weighted by molar-refractivity contribution is -0.340. The molecule has 0 aromatic heterocycles. The van der Waals surface area contributed by atoms with E-state index < -0.39 is 112 Å². The molecule has 3 saturated heterocycles. The van der Waals surface area contributed by atoms with Gasteiger partial charge in [-0.1, -0.05) is 0 Å². The molecule has 3 aliphatic heterocycles. The first-order valence-corrected chi connectivity index (χ1v) is 10.6. The smallest absolute Gasteiger partial charge is 0.186 e. The Morgan fingerprint density at radius 2 is 0.824 bits per heavy atom. The van der Waals surface area contributed by atoms with Crippen LogP contribution in [0, 0.1) is 0 Å². The average molecular weight is 504 g/mol. The van der Waals surface area contributed by atoms with Crippen LogP contribution in [0.15, 0.2) is 0 Å². The molecule has 3 rings (SSSR count). The third-order valence-corrected chi connectivity index (χ3v) is 6.05. The van der Waals surface area contributed by atoms with Gasteiger partial charge in [0.15, 0.2) is 18.9 Å². The molecule has 0 aliphatic carbocycles. The van der Waals surface area contributed by atoms with Gasteiger partial charge in [0.2, 0.25) is 0 Å². The molecular formula is C18H32O16. The van der Waals surface area contributed by atoms with Crippen molar-refractivity contribution < 1.29 is 79.9 Å². The fraction of sp³-hybridized carbons (Fsp3) is 1.00. The van der Waals surface area contributed by atoms with Gasteiger partial charge in [0, 0.05) is 0 Å². The second kappa shape index (κ2) is 11.6. The maximum absolute atomic E-state index is 10.2. The third-order valence-electron chi connectivity index (χ3n) is 6.05. The molecule has 0 saturated carbocycles. The van der Waals surface area contributed by atoms with Crippen molar-refractivity contribution in [2.45, 2.75) is 92.1 Å². The Morgan fingerprint density at radius 3 is 1.29 bits per heavy atom. The Bertz CT molecular complexity index is 639. The molecule has 3 fully saturated rings. The lowest BCUT2D eigenvalue weighted by Crippen LogP contribution is -2.62. The van der Waals surface area contributed by atoms with E-state index in [-0.39, 0.29) is 0 Å². The minimum Gasteiger partial charge on any atom is -0.394 e. The van der Waals surface area contributed by atoms with Crippen molar-refractivity contribution in [1.29, 1.82) is 0 Å². The summed E-state index contributed by atoms with van der Waals surface area (Å²) in [6.45, 7) is -1.84. The molecule has 0 aromatic rings. The van der Waals surface area contributed by atoms with Crippen LogP contribution in [0.5, 0.6) is 0 Å². The molecule has 3 aliphatic rings. The molecule has 200 valence electrons. The zero-order valence-corrected chi connectivity index (χ0v) is 17.7. The van der Waals surface area contributed by atoms with E-state index in [0.717, 1.165) is 0 Å². The molecular weight excluding hydrogens is 472 g/mol. The summed E-state index contributed by atoms with van der Waals surface area (Å²) in [4.78, 5) is 0. The lowest BCUT2D eigenvalue weighted by Gasteiger charge is -2.43. The number of aliphatic hydroxyl groups excluding tert-OH is 11. The molecule has 15 atom stereocenters. The summed E-state index contributed by atoms with van der Waals surface area (Å²) in [5.41, 5.74) is 0. The fourth-order valence-corrected chi connectivity index (χ4v) is 3.84. The predicted octanol–water partition coefficient (Wildman–Crippen LogP) is -7.57. The van der Waals surface area contributed by atoms with Gasteiger partial charge in [-0.2, -0.15) is 0 Å². The molecule has 11 N–H and O–H groups in total. The second-order valence-corrected chi connectivity index (χ2v) is 8.42. The highest BCUT2D eigenvalue weighted by atomic mass is 16.7. The van der Waals surface area contributed by atoms with Crippen LogP contribution in [0.25, 0.3) is 0 Å². The summed E-state index contributed by atoms with van der Waals surface area (Å²) >= 11 is 0. The van der Waals surface area contributed by atoms with Crippen LogP contribution >= 0.6 is 0 Å². The summed E-state index contributed by atoms with van der Waals surface area (Å²) in [6, 6.07) is 0. The predicted molar refractivity (Wildman–Crippen MR) is 101 cm³/mol. The van der Waals surface area contributed by atoms with Crippen LogP contribution in [0.1, 0.15) is 0 Å². The van der Waals surface area contributed by atoms with Crippen molar-refractivity contribution >= 4 is 0 Å². The Balaban J connectivity index is 1.58. The summed E-state index contributed by atoms with van der Waals surface area (Å²) in [5.74, 6) is 0. The van der Waals surface area contributed by atoms with E-state index in [0.29, 0.717) is 0 Å². The van der Waals surface area contributed by atoms with E-state index in [9.17, 15) is 56.2 Å². The molecule has 34 heavy (non-hydrogen) atoms. The molecule has 0 unspecified atom stereocenters. The van der Waals surface area contributed by atoms with Crippen LogP contribution in [-0.2, 0) is 23.7 Å². The van der Waals surface area contributed by atoms with Gasteiger partial charge in [-0.25, -0.2) is 0 Å². The maximum atomic E-state index is 10.2. The summed E-state index contributed by atoms with van der Waals surface area (Å²) < 4.78 is 26.1. The Labute approximate surface area is 192 Å². The summed E-state index contributed by atoms with van der Waals surface area (Å²) in [6.07, 6.45) is -24.4. The molecule has 16 nitrogen and oxygen atoms in total. The van der Waals surface area contributed by atoms with E-state index in [1.165, 1.54) is 0 Å². The van der Waals surface area contributed by atoms with Crippen molar-refractivity contribution in [1.82, 2.24) is 0 Å². The van der Waals surface area contributed by atoms with Crippen molar-refractivity contribution in [3.05, 3.63) is 0 Å². The average Bonchev–Trinajstić information content (AvgIpc) is 2.82. The zero-order chi connectivity index (χ0) is 25.3. The summed E-state index contributed by atoms with van der Waals surface area (Å²) in [7, 11) is 0. The lowest BCUT2D eigenvalue weighted by atomic mass is 9.98. The largest absolute Gasteiger partial charge is 0.394 e. The van der Waals surface area contributed by atoms with Crippen LogP contribution in [0.3, 0.4) is 0 Å². The second-order valence-electron chi connectivity index (χ2n) is 8.42. The Hall–Kier alpha value is -0.640. The van der Waals surface area contributed by atoms with Gasteiger partial charge in [0.1, 0.15) is 73.2 Å². The maximum Gasteiger partial charge on any atom is 0.186 e. The highest BCUT2D eigenvalue weighted by Gasteiger charge is 2.48. The fourth-order valence-electron chi connectivity index (χ4n) is 3.84. The monoisotopic (exact) mass is 504 g/mol. The van der Waals surface area contributed by atoms with E-state index >= 15 is 0 Å². The van der Waals surface area contributed by atoms with Gasteiger partial charge >= 0.3 is 0 Å². The van der Waals surface area contributed by atoms with Gasteiger partial charge in [0.05, 0.1) is 19.8 Å². The van der Waals surface area contributed by atoms with E-state index in [4.69, 9.17) is 23.7 Å². The van der Waals surface area contributed by atoms with Crippen LogP contribution < -0.4 is 0 Å². The van der Waals surface area contributed by atoms with Crippen LogP contribution in [-0.4, -0.2) is 168 Å². The highest BCUT2D eigenvalue weighted by molar-refractivity contribution is 4.92. The van der Waals surface area contributed by atoms with Crippen LogP contribution in [0.4, 0.5) is 0 Å². The number of aliphatic hydroxyl groups is 11. The molecule has 0 amide bonds. The van der Waals surface area contributed by atoms with Crippen LogP contribution in [0.2, 0.25) is 0 Å². The molecule has 16 heteroatoms. The number of hydrogen-bond donors (Lipinski definition) is 11.